The summed E-state index contributed by atoms with van der Waals surface area (Å²) >= 11 is 0. The molecule has 0 saturated carbocycles. The summed E-state index contributed by atoms with van der Waals surface area (Å²) in [7, 11) is 0. The van der Waals surface area contributed by atoms with Crippen LogP contribution in [0.25, 0.3) is 0 Å². The van der Waals surface area contributed by atoms with Crippen LogP contribution < -0.4 is 5.32 Å². The van der Waals surface area contributed by atoms with Gasteiger partial charge in [0.25, 0.3) is 0 Å². The highest BCUT2D eigenvalue weighted by molar-refractivity contribution is 6.02. The molecule has 1 heterocycles. The Morgan fingerprint density at radius 3 is 3.07 bits per heavy atom. The zero-order valence-corrected chi connectivity index (χ0v) is 7.87. The topological polar surface area (TPSA) is 52.9 Å². The first-order chi connectivity index (χ1) is 6.72. The van der Waals surface area contributed by atoms with E-state index in [2.05, 4.69) is 11.4 Å². The molecule has 3 nitrogen and oxygen atoms in total. The zero-order chi connectivity index (χ0) is 10.1. The third-order valence-corrected chi connectivity index (χ3v) is 2.52. The molecule has 0 aromatic heterocycles. The van der Waals surface area contributed by atoms with Gasteiger partial charge >= 0.3 is 0 Å². The molecule has 0 spiro atoms. The molecule has 1 unspecified atom stereocenters. The summed E-state index contributed by atoms with van der Waals surface area (Å²) in [6.07, 6.45) is 0.397. The summed E-state index contributed by atoms with van der Waals surface area (Å²) in [6, 6.07) is 7.77. The summed E-state index contributed by atoms with van der Waals surface area (Å²) in [5.41, 5.74) is 2.85. The number of hydrogen-bond acceptors (Lipinski definition) is 2. The van der Waals surface area contributed by atoms with Crippen LogP contribution in [0.3, 0.4) is 0 Å². The molecule has 70 valence electrons. The minimum Gasteiger partial charge on any atom is -0.325 e. The monoisotopic (exact) mass is 186 g/mol. The first-order valence-electron chi connectivity index (χ1n) is 4.53. The summed E-state index contributed by atoms with van der Waals surface area (Å²) in [6.45, 7) is 1.87. The second-order valence-electron chi connectivity index (χ2n) is 3.47. The average Bonchev–Trinajstić information content (AvgIpc) is 2.45. The number of rotatable bonds is 1. The average molecular weight is 186 g/mol. The highest BCUT2D eigenvalue weighted by Crippen LogP contribution is 2.32. The Balaban J connectivity index is 2.42. The fourth-order valence-corrected chi connectivity index (χ4v) is 1.67. The highest BCUT2D eigenvalue weighted by Gasteiger charge is 2.26. The van der Waals surface area contributed by atoms with E-state index in [1.165, 1.54) is 0 Å². The number of carbonyl (C=O) groups is 1. The number of carbonyl (C=O) groups excluding carboxylic acids is 1. The molecule has 1 aliphatic heterocycles. The van der Waals surface area contributed by atoms with Crippen LogP contribution in [-0.4, -0.2) is 5.91 Å². The van der Waals surface area contributed by atoms with E-state index < -0.39 is 0 Å². The molecule has 1 aliphatic rings. The molecule has 1 aromatic rings. The number of hydrogen-bond donors (Lipinski definition) is 1. The van der Waals surface area contributed by atoms with Crippen LogP contribution in [0.4, 0.5) is 5.69 Å². The Kier molecular flexibility index (Phi) is 1.97. The van der Waals surface area contributed by atoms with Gasteiger partial charge in [-0.25, -0.2) is 0 Å². The first kappa shape index (κ1) is 8.76. The van der Waals surface area contributed by atoms with Gasteiger partial charge in [-0.3, -0.25) is 4.79 Å². The molecule has 3 heteroatoms. The quantitative estimate of drug-likeness (QED) is 0.727. The second kappa shape index (κ2) is 3.15. The molecule has 1 atom stereocenters. The van der Waals surface area contributed by atoms with Gasteiger partial charge in [-0.2, -0.15) is 5.26 Å². The van der Waals surface area contributed by atoms with Gasteiger partial charge in [0.2, 0.25) is 5.91 Å². The van der Waals surface area contributed by atoms with Crippen molar-refractivity contribution >= 4 is 11.6 Å². The lowest BCUT2D eigenvalue weighted by molar-refractivity contribution is -0.116. The van der Waals surface area contributed by atoms with Gasteiger partial charge in [0.05, 0.1) is 18.4 Å². The minimum atomic E-state index is -0.0938. The lowest BCUT2D eigenvalue weighted by Crippen LogP contribution is -2.08. The molecular formula is C11H10N2O. The van der Waals surface area contributed by atoms with E-state index in [0.29, 0.717) is 6.42 Å². The Hall–Kier alpha value is -1.82. The van der Waals surface area contributed by atoms with Crippen molar-refractivity contribution < 1.29 is 4.79 Å². The van der Waals surface area contributed by atoms with Gasteiger partial charge in [0.15, 0.2) is 0 Å². The molecule has 0 radical (unpaired) electrons. The third-order valence-electron chi connectivity index (χ3n) is 2.52. The number of fused-ring (bicyclic) bond motifs is 1. The van der Waals surface area contributed by atoms with Crippen LogP contribution in [0.15, 0.2) is 18.2 Å². The highest BCUT2D eigenvalue weighted by atomic mass is 16.2. The van der Waals surface area contributed by atoms with Crippen LogP contribution in [-0.2, 0) is 11.2 Å². The van der Waals surface area contributed by atoms with Crippen LogP contribution in [0.2, 0.25) is 0 Å². The van der Waals surface area contributed by atoms with E-state index >= 15 is 0 Å². The molecule has 1 N–H and O–H groups in total. The van der Waals surface area contributed by atoms with Crippen LogP contribution >= 0.6 is 0 Å². The Morgan fingerprint density at radius 1 is 1.57 bits per heavy atom. The van der Waals surface area contributed by atoms with Gasteiger partial charge in [-0.15, -0.1) is 0 Å². The SMILES string of the molecule is CC1C(=O)Nc2ccc(CC#N)cc21. The Bertz CT molecular complexity index is 431. The standard InChI is InChI=1S/C11H10N2O/c1-7-9-6-8(4-5-12)2-3-10(9)13-11(7)14/h2-3,6-7H,4H2,1H3,(H,13,14). The molecule has 1 aromatic carbocycles. The van der Waals surface area contributed by atoms with E-state index in [9.17, 15) is 4.79 Å². The Morgan fingerprint density at radius 2 is 2.36 bits per heavy atom. The number of nitriles is 1. The van der Waals surface area contributed by atoms with E-state index in [0.717, 1.165) is 16.8 Å². The molecule has 2 rings (SSSR count). The number of nitrogens with zero attached hydrogens (tertiary/aromatic N) is 1. The molecule has 0 saturated heterocycles. The fraction of sp³-hybridized carbons (Fsp3) is 0.273. The largest absolute Gasteiger partial charge is 0.325 e. The van der Waals surface area contributed by atoms with Crippen molar-refractivity contribution in [2.24, 2.45) is 0 Å². The lowest BCUT2D eigenvalue weighted by Gasteiger charge is -2.02. The van der Waals surface area contributed by atoms with Crippen molar-refractivity contribution in [2.75, 3.05) is 5.32 Å². The smallest absolute Gasteiger partial charge is 0.231 e. The fourth-order valence-electron chi connectivity index (χ4n) is 1.67. The predicted molar refractivity (Wildman–Crippen MR) is 52.8 cm³/mol. The second-order valence-corrected chi connectivity index (χ2v) is 3.47. The van der Waals surface area contributed by atoms with Gasteiger partial charge in [0, 0.05) is 5.69 Å². The van der Waals surface area contributed by atoms with E-state index in [4.69, 9.17) is 5.26 Å². The van der Waals surface area contributed by atoms with E-state index in [1.807, 2.05) is 25.1 Å². The molecule has 14 heavy (non-hydrogen) atoms. The van der Waals surface area contributed by atoms with E-state index in [1.54, 1.807) is 0 Å². The molecule has 1 amide bonds. The molecular weight excluding hydrogens is 176 g/mol. The minimum absolute atomic E-state index is 0.0362. The predicted octanol–water partition coefficient (Wildman–Crippen LogP) is 1.81. The molecule has 0 bridgehead atoms. The maximum atomic E-state index is 11.3. The van der Waals surface area contributed by atoms with E-state index in [-0.39, 0.29) is 11.8 Å². The van der Waals surface area contributed by atoms with Gasteiger partial charge in [0.1, 0.15) is 0 Å². The van der Waals surface area contributed by atoms with Gasteiger partial charge in [-0.1, -0.05) is 12.1 Å². The van der Waals surface area contributed by atoms with Gasteiger partial charge in [-0.05, 0) is 24.1 Å². The van der Waals surface area contributed by atoms with Crippen LogP contribution in [0, 0.1) is 11.3 Å². The maximum absolute atomic E-state index is 11.3. The summed E-state index contributed by atoms with van der Waals surface area (Å²) in [4.78, 5) is 11.3. The van der Waals surface area contributed by atoms with Crippen molar-refractivity contribution in [1.29, 1.82) is 5.26 Å². The first-order valence-corrected chi connectivity index (χ1v) is 4.53. The lowest BCUT2D eigenvalue weighted by atomic mass is 10.00. The third kappa shape index (κ3) is 1.25. The number of nitrogens with one attached hydrogen (secondary N) is 1. The van der Waals surface area contributed by atoms with Crippen LogP contribution in [0.1, 0.15) is 24.0 Å². The zero-order valence-electron chi connectivity index (χ0n) is 7.87. The maximum Gasteiger partial charge on any atom is 0.231 e. The summed E-state index contributed by atoms with van der Waals surface area (Å²) in [5, 5.41) is 11.3. The summed E-state index contributed by atoms with van der Waals surface area (Å²) in [5.74, 6) is -0.0576. The number of amides is 1. The van der Waals surface area contributed by atoms with Crippen molar-refractivity contribution in [3.05, 3.63) is 29.3 Å². The van der Waals surface area contributed by atoms with Crippen molar-refractivity contribution in [1.82, 2.24) is 0 Å². The number of anilines is 1. The molecule has 0 fully saturated rings. The van der Waals surface area contributed by atoms with Crippen molar-refractivity contribution in [3.63, 3.8) is 0 Å². The Labute approximate surface area is 82.4 Å². The van der Waals surface area contributed by atoms with Gasteiger partial charge < -0.3 is 5.32 Å². The number of benzene rings is 1. The summed E-state index contributed by atoms with van der Waals surface area (Å²) < 4.78 is 0. The molecule has 0 aliphatic carbocycles. The van der Waals surface area contributed by atoms with Crippen molar-refractivity contribution in [2.45, 2.75) is 19.3 Å². The van der Waals surface area contributed by atoms with Crippen molar-refractivity contribution in [3.8, 4) is 6.07 Å². The normalized spacial score (nSPS) is 18.6. The van der Waals surface area contributed by atoms with Crippen LogP contribution in [0.5, 0.6) is 0 Å².